The van der Waals surface area contributed by atoms with Crippen molar-refractivity contribution in [3.63, 3.8) is 0 Å². The Hall–Kier alpha value is -1.10. The molecule has 0 amide bonds. The zero-order valence-corrected chi connectivity index (χ0v) is 7.61. The minimum atomic E-state index is -0.485. The number of phenolic OH excluding ortho intramolecular Hbond substituents is 1. The Kier molecular flexibility index (Phi) is 2.65. The Morgan fingerprint density at radius 1 is 1.58 bits per heavy atom. The molecule has 0 unspecified atom stereocenters. The van der Waals surface area contributed by atoms with Crippen LogP contribution in [0.4, 0.5) is 0 Å². The van der Waals surface area contributed by atoms with Gasteiger partial charge in [0.15, 0.2) is 0 Å². The number of nitro groups is 1. The standard InChI is InChI=1S/C7H6BrNO3/c8-6-3-1-2-5(7(6)10)4-9(11)12/h1-3,10H,4H2. The van der Waals surface area contributed by atoms with E-state index in [9.17, 15) is 15.2 Å². The maximum atomic E-state index is 10.1. The van der Waals surface area contributed by atoms with Gasteiger partial charge >= 0.3 is 0 Å². The first kappa shape index (κ1) is 8.99. The van der Waals surface area contributed by atoms with Crippen molar-refractivity contribution in [2.24, 2.45) is 0 Å². The van der Waals surface area contributed by atoms with Crippen molar-refractivity contribution >= 4 is 15.9 Å². The average molecular weight is 232 g/mol. The number of halogens is 1. The third-order valence-corrected chi connectivity index (χ3v) is 2.01. The Bertz CT molecular complexity index is 314. The molecule has 0 radical (unpaired) electrons. The van der Waals surface area contributed by atoms with E-state index < -0.39 is 4.92 Å². The Balaban J connectivity index is 3.00. The van der Waals surface area contributed by atoms with E-state index in [-0.39, 0.29) is 12.3 Å². The molecule has 0 saturated carbocycles. The summed E-state index contributed by atoms with van der Waals surface area (Å²) >= 11 is 3.06. The van der Waals surface area contributed by atoms with E-state index in [0.29, 0.717) is 10.0 Å². The first-order valence-electron chi connectivity index (χ1n) is 3.19. The third-order valence-electron chi connectivity index (χ3n) is 1.37. The minimum absolute atomic E-state index is 0.0609. The summed E-state index contributed by atoms with van der Waals surface area (Å²) in [6, 6.07) is 4.78. The fourth-order valence-electron chi connectivity index (χ4n) is 0.827. The largest absolute Gasteiger partial charge is 0.506 e. The van der Waals surface area contributed by atoms with Gasteiger partial charge in [-0.1, -0.05) is 6.07 Å². The molecule has 0 fully saturated rings. The lowest BCUT2D eigenvalue weighted by Gasteiger charge is -2.00. The molecule has 0 aliphatic carbocycles. The summed E-state index contributed by atoms with van der Waals surface area (Å²) in [5.41, 5.74) is 0.314. The van der Waals surface area contributed by atoms with Crippen LogP contribution in [0.1, 0.15) is 5.56 Å². The van der Waals surface area contributed by atoms with Crippen molar-refractivity contribution < 1.29 is 10.0 Å². The van der Waals surface area contributed by atoms with Gasteiger partial charge in [0.2, 0.25) is 6.54 Å². The van der Waals surface area contributed by atoms with E-state index >= 15 is 0 Å². The van der Waals surface area contributed by atoms with E-state index in [1.807, 2.05) is 0 Å². The lowest BCUT2D eigenvalue weighted by Crippen LogP contribution is -1.98. The van der Waals surface area contributed by atoms with Crippen molar-refractivity contribution in [2.75, 3.05) is 0 Å². The Morgan fingerprint density at radius 2 is 2.25 bits per heavy atom. The monoisotopic (exact) mass is 231 g/mol. The number of hydrogen-bond acceptors (Lipinski definition) is 3. The molecule has 4 nitrogen and oxygen atoms in total. The summed E-state index contributed by atoms with van der Waals surface area (Å²) in [4.78, 5) is 9.63. The maximum Gasteiger partial charge on any atom is 0.232 e. The molecule has 5 heteroatoms. The van der Waals surface area contributed by atoms with Gasteiger partial charge in [0.1, 0.15) is 5.75 Å². The fourth-order valence-corrected chi connectivity index (χ4v) is 1.23. The molecule has 0 bridgehead atoms. The molecule has 1 N–H and O–H groups in total. The van der Waals surface area contributed by atoms with Crippen LogP contribution in [0.15, 0.2) is 22.7 Å². The quantitative estimate of drug-likeness (QED) is 0.625. The summed E-state index contributed by atoms with van der Waals surface area (Å²) in [5, 5.41) is 19.4. The topological polar surface area (TPSA) is 63.4 Å². The molecule has 1 aromatic rings. The second-order valence-electron chi connectivity index (χ2n) is 2.24. The molecule has 0 aliphatic heterocycles. The second kappa shape index (κ2) is 3.53. The second-order valence-corrected chi connectivity index (χ2v) is 3.09. The summed E-state index contributed by atoms with van der Waals surface area (Å²) in [7, 11) is 0. The summed E-state index contributed by atoms with van der Waals surface area (Å²) in [5.74, 6) is -0.0609. The van der Waals surface area contributed by atoms with Gasteiger partial charge in [0.05, 0.1) is 10.0 Å². The van der Waals surface area contributed by atoms with Gasteiger partial charge < -0.3 is 5.11 Å². The van der Waals surface area contributed by atoms with Gasteiger partial charge in [-0.2, -0.15) is 0 Å². The van der Waals surface area contributed by atoms with Crippen LogP contribution < -0.4 is 0 Å². The highest BCUT2D eigenvalue weighted by Crippen LogP contribution is 2.27. The number of nitrogens with zero attached hydrogens (tertiary/aromatic N) is 1. The number of benzene rings is 1. The maximum absolute atomic E-state index is 10.1. The summed E-state index contributed by atoms with van der Waals surface area (Å²) in [6.07, 6.45) is 0. The third kappa shape index (κ3) is 1.94. The SMILES string of the molecule is O=[N+]([O-])Cc1cccc(Br)c1O. The van der Waals surface area contributed by atoms with Gasteiger partial charge in [-0.05, 0) is 28.1 Å². The highest BCUT2D eigenvalue weighted by Gasteiger charge is 2.09. The zero-order chi connectivity index (χ0) is 9.14. The number of phenols is 1. The van der Waals surface area contributed by atoms with Crippen molar-refractivity contribution in [3.05, 3.63) is 38.3 Å². The van der Waals surface area contributed by atoms with Crippen LogP contribution in [0.25, 0.3) is 0 Å². The molecule has 1 aromatic carbocycles. The van der Waals surface area contributed by atoms with Crippen LogP contribution in [0.3, 0.4) is 0 Å². The van der Waals surface area contributed by atoms with Gasteiger partial charge in [0, 0.05) is 4.92 Å². The van der Waals surface area contributed by atoms with Crippen LogP contribution in [0.5, 0.6) is 5.75 Å². The van der Waals surface area contributed by atoms with Crippen LogP contribution in [-0.4, -0.2) is 10.0 Å². The molecular formula is C7H6BrNO3. The number of aromatic hydroxyl groups is 1. The first-order valence-corrected chi connectivity index (χ1v) is 3.98. The molecule has 0 saturated heterocycles. The minimum Gasteiger partial charge on any atom is -0.506 e. The number of hydrogen-bond donors (Lipinski definition) is 1. The Labute approximate surface area is 77.1 Å². The molecular weight excluding hydrogens is 226 g/mol. The van der Waals surface area contributed by atoms with Gasteiger partial charge in [-0.3, -0.25) is 10.1 Å². The number of rotatable bonds is 2. The molecule has 64 valence electrons. The molecule has 0 aromatic heterocycles. The summed E-state index contributed by atoms with van der Waals surface area (Å²) < 4.78 is 0.474. The molecule has 0 spiro atoms. The lowest BCUT2D eigenvalue weighted by molar-refractivity contribution is -0.496. The fraction of sp³-hybridized carbons (Fsp3) is 0.143. The van der Waals surface area contributed by atoms with Gasteiger partial charge in [-0.25, -0.2) is 0 Å². The normalized spacial score (nSPS) is 9.75. The van der Waals surface area contributed by atoms with Crippen LogP contribution in [-0.2, 0) is 6.54 Å². The van der Waals surface area contributed by atoms with Crippen molar-refractivity contribution in [1.82, 2.24) is 0 Å². The molecule has 1 rings (SSSR count). The van der Waals surface area contributed by atoms with Crippen LogP contribution in [0.2, 0.25) is 0 Å². The van der Waals surface area contributed by atoms with Crippen LogP contribution >= 0.6 is 15.9 Å². The van der Waals surface area contributed by atoms with E-state index in [1.165, 1.54) is 6.07 Å². The van der Waals surface area contributed by atoms with Crippen molar-refractivity contribution in [2.45, 2.75) is 6.54 Å². The molecule has 0 atom stereocenters. The van der Waals surface area contributed by atoms with Gasteiger partial charge in [0.25, 0.3) is 0 Å². The first-order chi connectivity index (χ1) is 5.61. The smallest absolute Gasteiger partial charge is 0.232 e. The van der Waals surface area contributed by atoms with Crippen molar-refractivity contribution in [3.8, 4) is 5.75 Å². The average Bonchev–Trinajstić information content (AvgIpc) is 1.98. The van der Waals surface area contributed by atoms with Crippen molar-refractivity contribution in [1.29, 1.82) is 0 Å². The van der Waals surface area contributed by atoms with E-state index in [2.05, 4.69) is 15.9 Å². The predicted octanol–water partition coefficient (Wildman–Crippen LogP) is 1.93. The molecule has 12 heavy (non-hydrogen) atoms. The summed E-state index contributed by atoms with van der Waals surface area (Å²) in [6.45, 7) is -0.356. The van der Waals surface area contributed by atoms with Crippen LogP contribution in [0, 0.1) is 10.1 Å². The molecule has 0 heterocycles. The van der Waals surface area contributed by atoms with E-state index in [0.717, 1.165) is 0 Å². The predicted molar refractivity (Wildman–Crippen MR) is 46.5 cm³/mol. The highest BCUT2D eigenvalue weighted by molar-refractivity contribution is 9.10. The van der Waals surface area contributed by atoms with E-state index in [1.54, 1.807) is 12.1 Å². The highest BCUT2D eigenvalue weighted by atomic mass is 79.9. The van der Waals surface area contributed by atoms with E-state index in [4.69, 9.17) is 0 Å². The Morgan fingerprint density at radius 3 is 2.83 bits per heavy atom. The number of para-hydroxylation sites is 1. The molecule has 0 aliphatic rings. The van der Waals surface area contributed by atoms with Gasteiger partial charge in [-0.15, -0.1) is 0 Å². The zero-order valence-electron chi connectivity index (χ0n) is 6.03. The lowest BCUT2D eigenvalue weighted by atomic mass is 10.2.